The first-order valence-corrected chi connectivity index (χ1v) is 6.64. The lowest BCUT2D eigenvalue weighted by atomic mass is 9.83. The molecule has 1 aliphatic rings. The van der Waals surface area contributed by atoms with Gasteiger partial charge in [-0.1, -0.05) is 18.8 Å². The molecule has 1 aromatic rings. The SMILES string of the molecule is C[C@H]1CC[C@H](C#Cc2ccc(C(F)(F)F)cc2)CC1. The van der Waals surface area contributed by atoms with Crippen LogP contribution >= 0.6 is 0 Å². The van der Waals surface area contributed by atoms with Gasteiger partial charge in [0.2, 0.25) is 0 Å². The molecule has 102 valence electrons. The molecule has 0 spiro atoms. The summed E-state index contributed by atoms with van der Waals surface area (Å²) in [6, 6.07) is 5.07. The molecule has 0 amide bonds. The van der Waals surface area contributed by atoms with E-state index in [9.17, 15) is 13.2 Å². The Balaban J connectivity index is 2.00. The summed E-state index contributed by atoms with van der Waals surface area (Å²) in [5, 5.41) is 0. The largest absolute Gasteiger partial charge is 0.416 e. The van der Waals surface area contributed by atoms with Crippen LogP contribution in [0.1, 0.15) is 43.7 Å². The molecule has 0 atom stereocenters. The maximum Gasteiger partial charge on any atom is 0.416 e. The third kappa shape index (κ3) is 4.02. The second-order valence-electron chi connectivity index (χ2n) is 5.30. The maximum absolute atomic E-state index is 12.4. The third-order valence-electron chi connectivity index (χ3n) is 3.65. The van der Waals surface area contributed by atoms with E-state index in [1.165, 1.54) is 25.0 Å². The Labute approximate surface area is 112 Å². The van der Waals surface area contributed by atoms with Crippen molar-refractivity contribution in [2.45, 2.75) is 38.8 Å². The van der Waals surface area contributed by atoms with E-state index in [1.54, 1.807) is 0 Å². The molecule has 0 aliphatic heterocycles. The van der Waals surface area contributed by atoms with Crippen LogP contribution in [0, 0.1) is 23.7 Å². The highest BCUT2D eigenvalue weighted by Gasteiger charge is 2.29. The molecule has 0 saturated heterocycles. The van der Waals surface area contributed by atoms with E-state index in [1.807, 2.05) is 0 Å². The van der Waals surface area contributed by atoms with Gasteiger partial charge in [0.25, 0.3) is 0 Å². The zero-order chi connectivity index (χ0) is 13.9. The van der Waals surface area contributed by atoms with Crippen LogP contribution in [0.15, 0.2) is 24.3 Å². The lowest BCUT2D eigenvalue weighted by Gasteiger charge is -2.21. The van der Waals surface area contributed by atoms with Gasteiger partial charge in [0.05, 0.1) is 5.56 Å². The fourth-order valence-electron chi connectivity index (χ4n) is 2.33. The molecule has 0 N–H and O–H groups in total. The van der Waals surface area contributed by atoms with E-state index in [0.29, 0.717) is 11.5 Å². The van der Waals surface area contributed by atoms with Crippen molar-refractivity contribution in [2.75, 3.05) is 0 Å². The van der Waals surface area contributed by atoms with Gasteiger partial charge in [-0.15, -0.1) is 0 Å². The van der Waals surface area contributed by atoms with Gasteiger partial charge in [0, 0.05) is 11.5 Å². The Morgan fingerprint density at radius 1 is 1.00 bits per heavy atom. The molecule has 1 fully saturated rings. The van der Waals surface area contributed by atoms with Crippen molar-refractivity contribution in [3.8, 4) is 11.8 Å². The van der Waals surface area contributed by atoms with Crippen LogP contribution in [0.5, 0.6) is 0 Å². The van der Waals surface area contributed by atoms with Gasteiger partial charge in [-0.05, 0) is 55.9 Å². The number of hydrogen-bond acceptors (Lipinski definition) is 0. The first-order chi connectivity index (χ1) is 8.95. The average molecular weight is 266 g/mol. The van der Waals surface area contributed by atoms with Crippen LogP contribution in [0.25, 0.3) is 0 Å². The van der Waals surface area contributed by atoms with Crippen LogP contribution in [0.4, 0.5) is 13.2 Å². The van der Waals surface area contributed by atoms with Gasteiger partial charge in [-0.25, -0.2) is 0 Å². The van der Waals surface area contributed by atoms with Gasteiger partial charge < -0.3 is 0 Å². The molecule has 19 heavy (non-hydrogen) atoms. The molecule has 0 nitrogen and oxygen atoms in total. The fraction of sp³-hybridized carbons (Fsp3) is 0.500. The maximum atomic E-state index is 12.4. The molecule has 0 aromatic heterocycles. The van der Waals surface area contributed by atoms with Gasteiger partial charge in [0.15, 0.2) is 0 Å². The Morgan fingerprint density at radius 3 is 2.11 bits per heavy atom. The number of hydrogen-bond donors (Lipinski definition) is 0. The summed E-state index contributed by atoms with van der Waals surface area (Å²) in [4.78, 5) is 0. The molecule has 3 heteroatoms. The quantitative estimate of drug-likeness (QED) is 0.587. The van der Waals surface area contributed by atoms with Gasteiger partial charge in [-0.2, -0.15) is 13.2 Å². The van der Waals surface area contributed by atoms with Crippen LogP contribution in [-0.4, -0.2) is 0 Å². The van der Waals surface area contributed by atoms with Crippen molar-refractivity contribution in [3.05, 3.63) is 35.4 Å². The van der Waals surface area contributed by atoms with Gasteiger partial charge in [-0.3, -0.25) is 0 Å². The zero-order valence-corrected chi connectivity index (χ0v) is 10.9. The van der Waals surface area contributed by atoms with E-state index in [2.05, 4.69) is 18.8 Å². The summed E-state index contributed by atoms with van der Waals surface area (Å²) in [6.07, 6.45) is 0.341. The predicted octanol–water partition coefficient (Wildman–Crippen LogP) is 4.88. The van der Waals surface area contributed by atoms with E-state index in [4.69, 9.17) is 0 Å². The number of rotatable bonds is 0. The normalized spacial score (nSPS) is 23.6. The summed E-state index contributed by atoms with van der Waals surface area (Å²) in [5.74, 6) is 7.36. The van der Waals surface area contributed by atoms with Crippen molar-refractivity contribution in [3.63, 3.8) is 0 Å². The lowest BCUT2D eigenvalue weighted by molar-refractivity contribution is -0.137. The van der Waals surface area contributed by atoms with Crippen LogP contribution in [0.3, 0.4) is 0 Å². The minimum absolute atomic E-state index is 0.401. The van der Waals surface area contributed by atoms with Crippen LogP contribution in [-0.2, 0) is 6.18 Å². The summed E-state index contributed by atoms with van der Waals surface area (Å²) in [6.45, 7) is 2.25. The highest BCUT2D eigenvalue weighted by Crippen LogP contribution is 2.29. The standard InChI is InChI=1S/C16H17F3/c1-12-2-4-13(5-3-12)6-7-14-8-10-15(11-9-14)16(17,18)19/h8-13H,2-5H2,1H3/t12-,13-. The average Bonchev–Trinajstić information content (AvgIpc) is 2.37. The molecule has 0 radical (unpaired) electrons. The van der Waals surface area contributed by atoms with Crippen molar-refractivity contribution in [2.24, 2.45) is 11.8 Å². The molecule has 0 bridgehead atoms. The second kappa shape index (κ2) is 5.69. The molecule has 1 aliphatic carbocycles. The highest BCUT2D eigenvalue weighted by atomic mass is 19.4. The van der Waals surface area contributed by atoms with Crippen molar-refractivity contribution >= 4 is 0 Å². The van der Waals surface area contributed by atoms with Crippen molar-refractivity contribution < 1.29 is 13.2 Å². The minimum atomic E-state index is -4.27. The Bertz CT molecular complexity index is 465. The van der Waals surface area contributed by atoms with Crippen molar-refractivity contribution in [1.82, 2.24) is 0 Å². The summed E-state index contributed by atoms with van der Waals surface area (Å²) < 4.78 is 37.2. The van der Waals surface area contributed by atoms with Gasteiger partial charge >= 0.3 is 6.18 Å². The molecule has 0 heterocycles. The second-order valence-corrected chi connectivity index (χ2v) is 5.30. The predicted molar refractivity (Wildman–Crippen MR) is 69.4 cm³/mol. The summed E-state index contributed by atoms with van der Waals surface area (Å²) >= 11 is 0. The Hall–Kier alpha value is -1.43. The monoisotopic (exact) mass is 266 g/mol. The van der Waals surface area contributed by atoms with Crippen LogP contribution < -0.4 is 0 Å². The van der Waals surface area contributed by atoms with E-state index in [0.717, 1.165) is 30.9 Å². The Morgan fingerprint density at radius 2 is 1.58 bits per heavy atom. The molecular weight excluding hydrogens is 249 g/mol. The van der Waals surface area contributed by atoms with E-state index >= 15 is 0 Å². The van der Waals surface area contributed by atoms with Crippen molar-refractivity contribution in [1.29, 1.82) is 0 Å². The molecule has 1 aromatic carbocycles. The number of benzene rings is 1. The van der Waals surface area contributed by atoms with E-state index in [-0.39, 0.29) is 0 Å². The molecular formula is C16H17F3. The topological polar surface area (TPSA) is 0 Å². The Kier molecular flexibility index (Phi) is 4.19. The van der Waals surface area contributed by atoms with Gasteiger partial charge in [0.1, 0.15) is 0 Å². The smallest absolute Gasteiger partial charge is 0.166 e. The third-order valence-corrected chi connectivity index (χ3v) is 3.65. The van der Waals surface area contributed by atoms with Crippen LogP contribution in [0.2, 0.25) is 0 Å². The zero-order valence-electron chi connectivity index (χ0n) is 10.9. The molecule has 2 rings (SSSR count). The highest BCUT2D eigenvalue weighted by molar-refractivity contribution is 5.37. The first-order valence-electron chi connectivity index (χ1n) is 6.64. The lowest BCUT2D eigenvalue weighted by Crippen LogP contribution is -2.10. The molecule has 1 saturated carbocycles. The minimum Gasteiger partial charge on any atom is -0.166 e. The fourth-order valence-corrected chi connectivity index (χ4v) is 2.33. The van der Waals surface area contributed by atoms with E-state index < -0.39 is 11.7 Å². The number of halogens is 3. The molecule has 0 unspecified atom stereocenters. The summed E-state index contributed by atoms with van der Waals surface area (Å²) in [7, 11) is 0. The summed E-state index contributed by atoms with van der Waals surface area (Å²) in [5.41, 5.74) is 0.0381. The number of alkyl halides is 3. The first kappa shape index (κ1) is 14.0.